The van der Waals surface area contributed by atoms with Crippen molar-refractivity contribution in [2.75, 3.05) is 5.32 Å². The number of ether oxygens (including phenoxy) is 1. The van der Waals surface area contributed by atoms with Gasteiger partial charge in [0.1, 0.15) is 11.6 Å². The van der Waals surface area contributed by atoms with E-state index in [2.05, 4.69) is 10.1 Å². The fraction of sp³-hybridized carbons (Fsp3) is 0.0625. The number of carbonyl (C=O) groups is 1. The van der Waals surface area contributed by atoms with Gasteiger partial charge in [-0.25, -0.2) is 4.39 Å². The van der Waals surface area contributed by atoms with Gasteiger partial charge in [-0.05, 0) is 48.0 Å². The standard InChI is InChI=1S/C16H12F3NO2/c17-12-4-6-13(7-5-12)20-15(21)10-3-11-1-8-14(9-2-11)22-16(18)19/h1-10,16H,(H,20,21)/b10-3+. The fourth-order valence-electron chi connectivity index (χ4n) is 1.65. The van der Waals surface area contributed by atoms with E-state index >= 15 is 0 Å². The molecule has 0 saturated carbocycles. The van der Waals surface area contributed by atoms with Crippen LogP contribution in [-0.4, -0.2) is 12.5 Å². The molecule has 0 saturated heterocycles. The number of nitrogens with one attached hydrogen (secondary N) is 1. The first-order valence-corrected chi connectivity index (χ1v) is 6.32. The predicted octanol–water partition coefficient (Wildman–Crippen LogP) is 4.08. The summed E-state index contributed by atoms with van der Waals surface area (Å²) in [6.45, 7) is -2.87. The zero-order valence-corrected chi connectivity index (χ0v) is 11.3. The lowest BCUT2D eigenvalue weighted by molar-refractivity contribution is -0.111. The average Bonchev–Trinajstić information content (AvgIpc) is 2.48. The van der Waals surface area contributed by atoms with Gasteiger partial charge in [-0.15, -0.1) is 0 Å². The second-order valence-corrected chi connectivity index (χ2v) is 4.28. The molecule has 2 rings (SSSR count). The van der Waals surface area contributed by atoms with Crippen LogP contribution in [0, 0.1) is 5.82 Å². The number of anilines is 1. The molecule has 0 fully saturated rings. The molecular weight excluding hydrogens is 295 g/mol. The van der Waals surface area contributed by atoms with Crippen molar-refractivity contribution in [2.24, 2.45) is 0 Å². The molecule has 0 aliphatic rings. The Morgan fingerprint density at radius 2 is 1.68 bits per heavy atom. The number of benzene rings is 2. The highest BCUT2D eigenvalue weighted by Gasteiger charge is 2.03. The van der Waals surface area contributed by atoms with Crippen molar-refractivity contribution in [2.45, 2.75) is 6.61 Å². The third-order valence-electron chi connectivity index (χ3n) is 2.64. The van der Waals surface area contributed by atoms with E-state index in [-0.39, 0.29) is 17.5 Å². The summed E-state index contributed by atoms with van der Waals surface area (Å²) in [7, 11) is 0. The summed E-state index contributed by atoms with van der Waals surface area (Å²) < 4.78 is 40.9. The zero-order valence-electron chi connectivity index (χ0n) is 11.3. The molecule has 0 bridgehead atoms. The topological polar surface area (TPSA) is 38.3 Å². The predicted molar refractivity (Wildman–Crippen MR) is 77.1 cm³/mol. The van der Waals surface area contributed by atoms with E-state index in [0.29, 0.717) is 11.3 Å². The number of rotatable bonds is 5. The highest BCUT2D eigenvalue weighted by atomic mass is 19.3. The van der Waals surface area contributed by atoms with E-state index in [1.165, 1.54) is 48.6 Å². The van der Waals surface area contributed by atoms with Crippen LogP contribution < -0.4 is 10.1 Å². The summed E-state index contributed by atoms with van der Waals surface area (Å²) in [6, 6.07) is 11.2. The van der Waals surface area contributed by atoms with Gasteiger partial charge in [-0.2, -0.15) is 8.78 Å². The highest BCUT2D eigenvalue weighted by molar-refractivity contribution is 6.01. The maximum Gasteiger partial charge on any atom is 0.387 e. The van der Waals surface area contributed by atoms with Crippen LogP contribution in [0.1, 0.15) is 5.56 Å². The maximum atomic E-state index is 12.7. The molecule has 114 valence electrons. The first-order valence-electron chi connectivity index (χ1n) is 6.32. The summed E-state index contributed by atoms with van der Waals surface area (Å²) >= 11 is 0. The third kappa shape index (κ3) is 4.97. The Balaban J connectivity index is 1.93. The van der Waals surface area contributed by atoms with Gasteiger partial charge in [0, 0.05) is 11.8 Å². The summed E-state index contributed by atoms with van der Waals surface area (Å²) in [4.78, 5) is 11.7. The van der Waals surface area contributed by atoms with Crippen molar-refractivity contribution in [1.29, 1.82) is 0 Å². The van der Waals surface area contributed by atoms with Gasteiger partial charge in [0.2, 0.25) is 5.91 Å². The van der Waals surface area contributed by atoms with E-state index in [4.69, 9.17) is 0 Å². The van der Waals surface area contributed by atoms with E-state index in [0.717, 1.165) is 0 Å². The monoisotopic (exact) mass is 307 g/mol. The van der Waals surface area contributed by atoms with Gasteiger partial charge in [-0.1, -0.05) is 12.1 Å². The van der Waals surface area contributed by atoms with Gasteiger partial charge in [0.15, 0.2) is 0 Å². The van der Waals surface area contributed by atoms with Gasteiger partial charge in [-0.3, -0.25) is 4.79 Å². The average molecular weight is 307 g/mol. The molecule has 1 amide bonds. The highest BCUT2D eigenvalue weighted by Crippen LogP contribution is 2.15. The first kappa shape index (κ1) is 15.6. The van der Waals surface area contributed by atoms with Gasteiger partial charge < -0.3 is 10.1 Å². The quantitative estimate of drug-likeness (QED) is 0.845. The number of amides is 1. The summed E-state index contributed by atoms with van der Waals surface area (Å²) in [5.74, 6) is -0.734. The lowest BCUT2D eigenvalue weighted by Crippen LogP contribution is -2.07. The van der Waals surface area contributed by atoms with Crippen LogP contribution >= 0.6 is 0 Å². The molecular formula is C16H12F3NO2. The normalized spacial score (nSPS) is 10.9. The Labute approximate surface area is 125 Å². The molecule has 1 N–H and O–H groups in total. The molecule has 22 heavy (non-hydrogen) atoms. The van der Waals surface area contributed by atoms with Crippen molar-refractivity contribution in [3.63, 3.8) is 0 Å². The minimum Gasteiger partial charge on any atom is -0.435 e. The van der Waals surface area contributed by atoms with E-state index in [9.17, 15) is 18.0 Å². The number of alkyl halides is 2. The number of hydrogen-bond acceptors (Lipinski definition) is 2. The zero-order chi connectivity index (χ0) is 15.9. The molecule has 0 heterocycles. The second-order valence-electron chi connectivity index (χ2n) is 4.28. The van der Waals surface area contributed by atoms with Crippen LogP contribution in [0.25, 0.3) is 6.08 Å². The Morgan fingerprint density at radius 1 is 1.05 bits per heavy atom. The Morgan fingerprint density at radius 3 is 2.27 bits per heavy atom. The molecule has 0 unspecified atom stereocenters. The SMILES string of the molecule is O=C(/C=C/c1ccc(OC(F)F)cc1)Nc1ccc(F)cc1. The molecule has 0 atom stereocenters. The number of halogens is 3. The fourth-order valence-corrected chi connectivity index (χ4v) is 1.65. The van der Waals surface area contributed by atoms with Gasteiger partial charge in [0.05, 0.1) is 0 Å². The molecule has 2 aromatic carbocycles. The van der Waals surface area contributed by atoms with E-state index in [1.807, 2.05) is 0 Å². The molecule has 2 aromatic rings. The Kier molecular flexibility index (Phi) is 5.19. The van der Waals surface area contributed by atoms with Crippen LogP contribution in [0.5, 0.6) is 5.75 Å². The maximum absolute atomic E-state index is 12.7. The van der Waals surface area contributed by atoms with Crippen molar-refractivity contribution in [1.82, 2.24) is 0 Å². The minimum atomic E-state index is -2.87. The first-order chi connectivity index (χ1) is 10.5. The van der Waals surface area contributed by atoms with Crippen molar-refractivity contribution < 1.29 is 22.7 Å². The molecule has 0 aliphatic carbocycles. The lowest BCUT2D eigenvalue weighted by atomic mass is 10.2. The largest absolute Gasteiger partial charge is 0.435 e. The summed E-state index contributed by atoms with van der Waals surface area (Å²) in [5.41, 5.74) is 1.12. The van der Waals surface area contributed by atoms with E-state index in [1.54, 1.807) is 12.1 Å². The van der Waals surface area contributed by atoms with Crippen LogP contribution in [0.15, 0.2) is 54.6 Å². The third-order valence-corrected chi connectivity index (χ3v) is 2.64. The van der Waals surface area contributed by atoms with E-state index < -0.39 is 6.61 Å². The molecule has 6 heteroatoms. The summed E-state index contributed by atoms with van der Waals surface area (Å²) in [5, 5.41) is 2.56. The van der Waals surface area contributed by atoms with Crippen LogP contribution in [0.3, 0.4) is 0 Å². The van der Waals surface area contributed by atoms with Crippen LogP contribution in [0.2, 0.25) is 0 Å². The summed E-state index contributed by atoms with van der Waals surface area (Å²) in [6.07, 6.45) is 2.80. The van der Waals surface area contributed by atoms with Gasteiger partial charge in [0.25, 0.3) is 0 Å². The lowest BCUT2D eigenvalue weighted by Gasteiger charge is -2.04. The molecule has 0 radical (unpaired) electrons. The van der Waals surface area contributed by atoms with Gasteiger partial charge >= 0.3 is 6.61 Å². The second kappa shape index (κ2) is 7.31. The molecule has 0 aliphatic heterocycles. The Hall–Kier alpha value is -2.76. The van der Waals surface area contributed by atoms with Crippen LogP contribution in [0.4, 0.5) is 18.9 Å². The minimum absolute atomic E-state index is 0.0444. The number of hydrogen-bond donors (Lipinski definition) is 1. The Bertz CT molecular complexity index is 652. The van der Waals surface area contributed by atoms with Crippen molar-refractivity contribution in [3.05, 3.63) is 66.0 Å². The number of carbonyl (C=O) groups excluding carboxylic acids is 1. The van der Waals surface area contributed by atoms with Crippen LogP contribution in [-0.2, 0) is 4.79 Å². The molecule has 0 aromatic heterocycles. The molecule has 0 spiro atoms. The van der Waals surface area contributed by atoms with Crippen molar-refractivity contribution in [3.8, 4) is 5.75 Å². The smallest absolute Gasteiger partial charge is 0.387 e. The molecule has 3 nitrogen and oxygen atoms in total. The van der Waals surface area contributed by atoms with Crippen molar-refractivity contribution >= 4 is 17.7 Å².